The Balaban J connectivity index is 1.21. The van der Waals surface area contributed by atoms with Crippen LogP contribution in [0.3, 0.4) is 0 Å². The fraction of sp³-hybridized carbons (Fsp3) is 0.414. The third-order valence-electron chi connectivity index (χ3n) is 7.46. The van der Waals surface area contributed by atoms with E-state index in [0.29, 0.717) is 62.9 Å². The SMILES string of the molecule is CCNC(=O)Nc1cccc2c1ccc(=O)n2CCN1CCC(N(Cc2ccc3c(c2)OCCO3)C(=O)O)CC1. The molecule has 3 N–H and O–H groups in total. The summed E-state index contributed by atoms with van der Waals surface area (Å²) in [5, 5.41) is 16.3. The maximum absolute atomic E-state index is 12.8. The van der Waals surface area contributed by atoms with Crippen molar-refractivity contribution in [3.05, 3.63) is 64.4 Å². The molecule has 1 fully saturated rings. The lowest BCUT2D eigenvalue weighted by molar-refractivity contribution is 0.0856. The number of amides is 3. The number of anilines is 1. The van der Waals surface area contributed by atoms with Crippen molar-refractivity contribution in [3.63, 3.8) is 0 Å². The average molecular weight is 550 g/mol. The van der Waals surface area contributed by atoms with Crippen molar-refractivity contribution in [1.29, 1.82) is 0 Å². The van der Waals surface area contributed by atoms with Gasteiger partial charge in [0, 0.05) is 56.8 Å². The number of carbonyl (C=O) groups is 2. The van der Waals surface area contributed by atoms with Crippen LogP contribution in [0.25, 0.3) is 10.9 Å². The summed E-state index contributed by atoms with van der Waals surface area (Å²) in [6, 6.07) is 14.0. The molecule has 212 valence electrons. The highest BCUT2D eigenvalue weighted by Crippen LogP contribution is 2.32. The average Bonchev–Trinajstić information content (AvgIpc) is 2.96. The van der Waals surface area contributed by atoms with Gasteiger partial charge in [-0.15, -0.1) is 0 Å². The largest absolute Gasteiger partial charge is 0.486 e. The third kappa shape index (κ3) is 6.15. The van der Waals surface area contributed by atoms with E-state index >= 15 is 0 Å². The van der Waals surface area contributed by atoms with Gasteiger partial charge in [-0.05, 0) is 55.7 Å². The van der Waals surface area contributed by atoms with Crippen molar-refractivity contribution in [2.75, 3.05) is 44.7 Å². The maximum Gasteiger partial charge on any atom is 0.407 e. The monoisotopic (exact) mass is 549 g/mol. The number of piperidine rings is 1. The minimum Gasteiger partial charge on any atom is -0.486 e. The molecule has 2 aromatic carbocycles. The highest BCUT2D eigenvalue weighted by atomic mass is 16.6. The molecule has 3 amide bonds. The van der Waals surface area contributed by atoms with Gasteiger partial charge in [-0.3, -0.25) is 4.79 Å². The van der Waals surface area contributed by atoms with Crippen LogP contribution in [0.15, 0.2) is 53.3 Å². The minimum atomic E-state index is -0.937. The molecular formula is C29H35N5O6. The van der Waals surface area contributed by atoms with E-state index < -0.39 is 6.09 Å². The Morgan fingerprint density at radius 2 is 1.80 bits per heavy atom. The van der Waals surface area contributed by atoms with Crippen LogP contribution in [-0.2, 0) is 13.1 Å². The standard InChI is InChI=1S/C29H35N5O6/c1-2-30-28(36)31-23-4-3-5-24-22(23)7-9-27(35)33(24)15-14-32-12-10-21(11-13-32)34(29(37)38)19-20-6-8-25-26(18-20)40-17-16-39-25/h3-9,18,21H,2,10-17,19H2,1H3,(H,37,38)(H2,30,31,36). The quantitative estimate of drug-likeness (QED) is 0.392. The normalized spacial score (nSPS) is 15.5. The molecule has 1 saturated heterocycles. The summed E-state index contributed by atoms with van der Waals surface area (Å²) < 4.78 is 13.0. The van der Waals surface area contributed by atoms with Gasteiger partial charge in [0.05, 0.1) is 11.2 Å². The Hall–Kier alpha value is -4.25. The van der Waals surface area contributed by atoms with Gasteiger partial charge < -0.3 is 39.6 Å². The highest BCUT2D eigenvalue weighted by Gasteiger charge is 2.28. The van der Waals surface area contributed by atoms with Gasteiger partial charge >= 0.3 is 12.1 Å². The molecule has 0 atom stereocenters. The van der Waals surface area contributed by atoms with E-state index in [1.807, 2.05) is 43.3 Å². The molecule has 1 aromatic heterocycles. The van der Waals surface area contributed by atoms with E-state index in [2.05, 4.69) is 15.5 Å². The number of carbonyl (C=O) groups excluding carboxylic acids is 1. The molecule has 11 heteroatoms. The van der Waals surface area contributed by atoms with Crippen LogP contribution >= 0.6 is 0 Å². The summed E-state index contributed by atoms with van der Waals surface area (Å²) in [5.41, 5.74) is 2.16. The molecule has 3 aromatic rings. The first-order chi connectivity index (χ1) is 19.4. The molecule has 0 aliphatic carbocycles. The lowest BCUT2D eigenvalue weighted by Gasteiger charge is -2.37. The zero-order valence-electron chi connectivity index (χ0n) is 22.6. The summed E-state index contributed by atoms with van der Waals surface area (Å²) in [6.07, 6.45) is 0.483. The van der Waals surface area contributed by atoms with E-state index in [1.165, 1.54) is 11.0 Å². The predicted octanol–water partition coefficient (Wildman–Crippen LogP) is 3.56. The Morgan fingerprint density at radius 1 is 1.02 bits per heavy atom. The number of aromatic nitrogens is 1. The van der Waals surface area contributed by atoms with Gasteiger partial charge in [0.2, 0.25) is 0 Å². The van der Waals surface area contributed by atoms with Gasteiger partial charge in [0.1, 0.15) is 13.2 Å². The third-order valence-corrected chi connectivity index (χ3v) is 7.46. The van der Waals surface area contributed by atoms with Crippen molar-refractivity contribution in [3.8, 4) is 11.5 Å². The van der Waals surface area contributed by atoms with Crippen LogP contribution in [0.1, 0.15) is 25.3 Å². The second kappa shape index (κ2) is 12.3. The van der Waals surface area contributed by atoms with E-state index in [4.69, 9.17) is 9.47 Å². The van der Waals surface area contributed by atoms with E-state index in [1.54, 1.807) is 10.6 Å². The lowest BCUT2D eigenvalue weighted by atomic mass is 10.0. The summed E-state index contributed by atoms with van der Waals surface area (Å²) >= 11 is 0. The summed E-state index contributed by atoms with van der Waals surface area (Å²) in [5.74, 6) is 1.34. The van der Waals surface area contributed by atoms with Crippen molar-refractivity contribution in [2.45, 2.75) is 38.9 Å². The molecule has 0 bridgehead atoms. The maximum atomic E-state index is 12.8. The molecule has 40 heavy (non-hydrogen) atoms. The fourth-order valence-electron chi connectivity index (χ4n) is 5.43. The number of fused-ring (bicyclic) bond motifs is 2. The molecule has 5 rings (SSSR count). The number of hydrogen-bond acceptors (Lipinski definition) is 6. The van der Waals surface area contributed by atoms with Crippen LogP contribution in [0.2, 0.25) is 0 Å². The Bertz CT molecular complexity index is 1430. The minimum absolute atomic E-state index is 0.0925. The predicted molar refractivity (Wildman–Crippen MR) is 151 cm³/mol. The molecule has 0 unspecified atom stereocenters. The molecule has 0 radical (unpaired) electrons. The number of nitrogens with zero attached hydrogens (tertiary/aromatic N) is 3. The topological polar surface area (TPSA) is 125 Å². The molecule has 0 saturated carbocycles. The van der Waals surface area contributed by atoms with Gasteiger partial charge in [-0.1, -0.05) is 12.1 Å². The fourth-order valence-corrected chi connectivity index (χ4v) is 5.43. The van der Waals surface area contributed by atoms with E-state index in [-0.39, 0.29) is 24.2 Å². The molecule has 2 aliphatic rings. The van der Waals surface area contributed by atoms with Crippen LogP contribution < -0.4 is 25.7 Å². The van der Waals surface area contributed by atoms with Crippen molar-refractivity contribution >= 4 is 28.7 Å². The van der Waals surface area contributed by atoms with Crippen LogP contribution in [0.5, 0.6) is 11.5 Å². The number of hydrogen-bond donors (Lipinski definition) is 3. The number of pyridine rings is 1. The van der Waals surface area contributed by atoms with Gasteiger partial charge in [0.15, 0.2) is 11.5 Å². The molecule has 2 aliphatic heterocycles. The number of urea groups is 1. The van der Waals surface area contributed by atoms with Crippen LogP contribution in [0.4, 0.5) is 15.3 Å². The Labute approximate surface area is 232 Å². The van der Waals surface area contributed by atoms with Gasteiger partial charge in [-0.25, -0.2) is 9.59 Å². The van der Waals surface area contributed by atoms with Crippen LogP contribution in [-0.4, -0.2) is 77.0 Å². The lowest BCUT2D eigenvalue weighted by Crippen LogP contribution is -2.47. The van der Waals surface area contributed by atoms with E-state index in [9.17, 15) is 19.5 Å². The number of nitrogens with one attached hydrogen (secondary N) is 2. The number of likely N-dealkylation sites (tertiary alicyclic amines) is 1. The molecular weight excluding hydrogens is 514 g/mol. The number of rotatable bonds is 8. The number of carboxylic acid groups (broad SMARTS) is 1. The molecule has 11 nitrogen and oxygen atoms in total. The summed E-state index contributed by atoms with van der Waals surface area (Å²) in [4.78, 5) is 40.8. The Kier molecular flexibility index (Phi) is 8.40. The van der Waals surface area contributed by atoms with Gasteiger partial charge in [0.25, 0.3) is 5.56 Å². The molecule has 3 heterocycles. The van der Waals surface area contributed by atoms with E-state index in [0.717, 1.165) is 29.6 Å². The molecule has 0 spiro atoms. The zero-order chi connectivity index (χ0) is 28.1. The first kappa shape index (κ1) is 27.3. The number of ether oxygens (including phenoxy) is 2. The zero-order valence-corrected chi connectivity index (χ0v) is 22.6. The van der Waals surface area contributed by atoms with Gasteiger partial charge in [-0.2, -0.15) is 0 Å². The highest BCUT2D eigenvalue weighted by molar-refractivity contribution is 6.00. The first-order valence-electron chi connectivity index (χ1n) is 13.7. The number of benzene rings is 2. The van der Waals surface area contributed by atoms with Crippen molar-refractivity contribution in [1.82, 2.24) is 19.7 Å². The first-order valence-corrected chi connectivity index (χ1v) is 13.7. The second-order valence-electron chi connectivity index (χ2n) is 10.0. The summed E-state index contributed by atoms with van der Waals surface area (Å²) in [6.45, 7) is 6.27. The Morgan fingerprint density at radius 3 is 2.55 bits per heavy atom. The summed E-state index contributed by atoms with van der Waals surface area (Å²) in [7, 11) is 0. The van der Waals surface area contributed by atoms with Crippen molar-refractivity contribution in [2.24, 2.45) is 0 Å². The smallest absolute Gasteiger partial charge is 0.407 e. The van der Waals surface area contributed by atoms with Crippen LogP contribution in [0, 0.1) is 0 Å². The van der Waals surface area contributed by atoms with Crippen molar-refractivity contribution < 1.29 is 24.2 Å². The second-order valence-corrected chi connectivity index (χ2v) is 10.0.